The number of quaternary nitrogens is 1. The predicted octanol–water partition coefficient (Wildman–Crippen LogP) is 2.08. The van der Waals surface area contributed by atoms with Gasteiger partial charge in [-0.25, -0.2) is 4.98 Å². The van der Waals surface area contributed by atoms with Crippen LogP contribution in [0.4, 0.5) is 11.4 Å². The largest absolute Gasteiger partial charge is 0.360 e. The Morgan fingerprint density at radius 1 is 1.23 bits per heavy atom. The molecule has 0 spiro atoms. The molecule has 1 aliphatic heterocycles. The lowest BCUT2D eigenvalue weighted by molar-refractivity contribution is -0.914. The van der Waals surface area contributed by atoms with Gasteiger partial charge in [-0.05, 0) is 50.1 Å². The number of benzene rings is 1. The van der Waals surface area contributed by atoms with Gasteiger partial charge < -0.3 is 15.1 Å². The number of pyridine rings is 1. The van der Waals surface area contributed by atoms with Crippen molar-refractivity contribution < 1.29 is 9.69 Å². The molecule has 2 N–H and O–H groups in total. The van der Waals surface area contributed by atoms with Crippen LogP contribution in [0.1, 0.15) is 18.1 Å². The molecule has 1 amide bonds. The Morgan fingerprint density at radius 2 is 1.96 bits per heavy atom. The Balaban J connectivity index is 1.59. The highest BCUT2D eigenvalue weighted by molar-refractivity contribution is 6.32. The summed E-state index contributed by atoms with van der Waals surface area (Å²) < 4.78 is 0. The van der Waals surface area contributed by atoms with Crippen LogP contribution in [0.2, 0.25) is 5.15 Å². The Labute approximate surface area is 160 Å². The third-order valence-corrected chi connectivity index (χ3v) is 5.65. The number of halogens is 1. The summed E-state index contributed by atoms with van der Waals surface area (Å²) in [7, 11) is 0. The average Bonchev–Trinajstić information content (AvgIpc) is 2.65. The molecule has 3 rings (SSSR count). The van der Waals surface area contributed by atoms with Crippen LogP contribution in [-0.2, 0) is 4.79 Å². The molecule has 0 radical (unpaired) electrons. The number of rotatable bonds is 4. The number of nitrogens with one attached hydrogen (secondary N) is 2. The van der Waals surface area contributed by atoms with E-state index in [4.69, 9.17) is 11.6 Å². The fraction of sp³-hybridized carbons (Fsp3) is 0.400. The van der Waals surface area contributed by atoms with Gasteiger partial charge in [-0.3, -0.25) is 4.79 Å². The lowest BCUT2D eigenvalue weighted by Gasteiger charge is -2.36. The lowest BCUT2D eigenvalue weighted by Crippen LogP contribution is -3.19. The molecule has 5 nitrogen and oxygen atoms in total. The van der Waals surface area contributed by atoms with Gasteiger partial charge in [0.25, 0.3) is 5.91 Å². The molecule has 26 heavy (non-hydrogen) atoms. The summed E-state index contributed by atoms with van der Waals surface area (Å²) in [6.45, 7) is 10.1. The Morgan fingerprint density at radius 3 is 2.65 bits per heavy atom. The second kappa shape index (κ2) is 8.06. The average molecular weight is 374 g/mol. The van der Waals surface area contributed by atoms with Gasteiger partial charge in [0.05, 0.1) is 31.9 Å². The van der Waals surface area contributed by atoms with Crippen molar-refractivity contribution in [2.45, 2.75) is 26.8 Å². The van der Waals surface area contributed by atoms with E-state index < -0.39 is 0 Å². The van der Waals surface area contributed by atoms with Crippen molar-refractivity contribution in [3.05, 3.63) is 52.8 Å². The second-order valence-electron chi connectivity index (χ2n) is 6.92. The minimum Gasteiger partial charge on any atom is -0.360 e. The Kier molecular flexibility index (Phi) is 5.79. The molecule has 0 bridgehead atoms. The molecule has 0 saturated carbocycles. The van der Waals surface area contributed by atoms with Gasteiger partial charge in [0.1, 0.15) is 0 Å². The highest BCUT2D eigenvalue weighted by Gasteiger charge is 2.30. The summed E-state index contributed by atoms with van der Waals surface area (Å²) >= 11 is 6.03. The first-order valence-corrected chi connectivity index (χ1v) is 9.42. The fourth-order valence-corrected chi connectivity index (χ4v) is 3.62. The summed E-state index contributed by atoms with van der Waals surface area (Å²) in [6, 6.07) is 9.86. The highest BCUT2D eigenvalue weighted by Crippen LogP contribution is 2.22. The van der Waals surface area contributed by atoms with E-state index >= 15 is 0 Å². The van der Waals surface area contributed by atoms with Crippen LogP contribution < -0.4 is 15.1 Å². The summed E-state index contributed by atoms with van der Waals surface area (Å²) in [4.78, 5) is 20.3. The van der Waals surface area contributed by atoms with Crippen molar-refractivity contribution in [3.63, 3.8) is 0 Å². The minimum absolute atomic E-state index is 0.0184. The van der Waals surface area contributed by atoms with Gasteiger partial charge in [-0.2, -0.15) is 0 Å². The minimum atomic E-state index is -0.132. The van der Waals surface area contributed by atoms with E-state index in [1.807, 2.05) is 6.92 Å². The number of carbonyl (C=O) groups excluding carboxylic acids is 1. The van der Waals surface area contributed by atoms with Gasteiger partial charge >= 0.3 is 0 Å². The lowest BCUT2D eigenvalue weighted by atomic mass is 10.1. The Hall–Kier alpha value is -2.11. The van der Waals surface area contributed by atoms with Gasteiger partial charge in [0.15, 0.2) is 11.2 Å². The molecule has 1 aromatic carbocycles. The van der Waals surface area contributed by atoms with E-state index in [2.05, 4.69) is 47.2 Å². The quantitative estimate of drug-likeness (QED) is 0.807. The molecule has 2 heterocycles. The number of nitrogens with zero attached hydrogens (tertiary/aromatic N) is 2. The number of aromatic nitrogens is 1. The summed E-state index contributed by atoms with van der Waals surface area (Å²) in [5.74, 6) is -0.0184. The number of piperazine rings is 1. The molecular formula is C20H26ClN4O+. The Bertz CT molecular complexity index is 787. The van der Waals surface area contributed by atoms with Gasteiger partial charge in [0, 0.05) is 11.9 Å². The van der Waals surface area contributed by atoms with Crippen LogP contribution in [0.3, 0.4) is 0 Å². The van der Waals surface area contributed by atoms with Crippen molar-refractivity contribution in [1.29, 1.82) is 0 Å². The number of hydrogen-bond donors (Lipinski definition) is 2. The molecule has 1 saturated heterocycles. The van der Waals surface area contributed by atoms with E-state index in [1.54, 1.807) is 18.3 Å². The maximum absolute atomic E-state index is 12.6. The zero-order valence-electron chi connectivity index (χ0n) is 15.6. The van der Waals surface area contributed by atoms with Gasteiger partial charge in [-0.15, -0.1) is 0 Å². The molecular weight excluding hydrogens is 348 g/mol. The van der Waals surface area contributed by atoms with Crippen LogP contribution in [0, 0.1) is 13.8 Å². The molecule has 1 aromatic heterocycles. The van der Waals surface area contributed by atoms with Crippen LogP contribution in [0.5, 0.6) is 0 Å². The third-order valence-electron chi connectivity index (χ3n) is 5.35. The third kappa shape index (κ3) is 4.00. The zero-order chi connectivity index (χ0) is 18.7. The van der Waals surface area contributed by atoms with Crippen LogP contribution >= 0.6 is 11.6 Å². The highest BCUT2D eigenvalue weighted by atomic mass is 35.5. The normalized spacial score (nSPS) is 16.4. The van der Waals surface area contributed by atoms with E-state index in [-0.39, 0.29) is 11.9 Å². The van der Waals surface area contributed by atoms with Crippen molar-refractivity contribution in [1.82, 2.24) is 4.98 Å². The predicted molar refractivity (Wildman–Crippen MR) is 106 cm³/mol. The standard InChI is InChI=1S/C20H25ClN4O/c1-14-6-4-8-18(15(14)2)25-12-10-24(11-13-25)16(3)20(26)23-17-7-5-9-22-19(17)21/h4-9,16H,10-13H2,1-3H3,(H,23,26)/p+1/t16-/m0/s1. The summed E-state index contributed by atoms with van der Waals surface area (Å²) in [5.41, 5.74) is 4.54. The molecule has 1 fully saturated rings. The first-order chi connectivity index (χ1) is 12.5. The number of aryl methyl sites for hydroxylation is 1. The van der Waals surface area contributed by atoms with E-state index in [1.165, 1.54) is 21.7 Å². The van der Waals surface area contributed by atoms with Crippen LogP contribution in [0.15, 0.2) is 36.5 Å². The molecule has 2 aromatic rings. The van der Waals surface area contributed by atoms with Crippen molar-refractivity contribution in [2.75, 3.05) is 36.4 Å². The van der Waals surface area contributed by atoms with Crippen molar-refractivity contribution in [3.8, 4) is 0 Å². The molecule has 1 aliphatic rings. The maximum atomic E-state index is 12.6. The van der Waals surface area contributed by atoms with Crippen molar-refractivity contribution >= 4 is 28.9 Å². The van der Waals surface area contributed by atoms with Crippen molar-refractivity contribution in [2.24, 2.45) is 0 Å². The number of carbonyl (C=O) groups is 1. The zero-order valence-corrected chi connectivity index (χ0v) is 16.3. The molecule has 6 heteroatoms. The van der Waals surface area contributed by atoms with Crippen LogP contribution in [0.25, 0.3) is 0 Å². The summed E-state index contributed by atoms with van der Waals surface area (Å²) in [6.07, 6.45) is 1.61. The maximum Gasteiger partial charge on any atom is 0.282 e. The number of hydrogen-bond acceptors (Lipinski definition) is 3. The molecule has 1 atom stereocenters. The molecule has 138 valence electrons. The SMILES string of the molecule is Cc1cccc(N2CC[NH+]([C@@H](C)C(=O)Nc3cccnc3Cl)CC2)c1C. The topological polar surface area (TPSA) is 49.7 Å². The summed E-state index contributed by atoms with van der Waals surface area (Å²) in [5, 5.41) is 3.22. The molecule has 0 unspecified atom stereocenters. The first kappa shape index (κ1) is 18.7. The monoisotopic (exact) mass is 373 g/mol. The second-order valence-corrected chi connectivity index (χ2v) is 7.28. The molecule has 0 aliphatic carbocycles. The fourth-order valence-electron chi connectivity index (χ4n) is 3.45. The van der Waals surface area contributed by atoms with Crippen LogP contribution in [-0.4, -0.2) is 43.1 Å². The first-order valence-electron chi connectivity index (χ1n) is 9.04. The van der Waals surface area contributed by atoms with Gasteiger partial charge in [0.2, 0.25) is 0 Å². The van der Waals surface area contributed by atoms with Gasteiger partial charge in [-0.1, -0.05) is 23.7 Å². The number of amides is 1. The van der Waals surface area contributed by atoms with E-state index in [0.29, 0.717) is 10.8 Å². The van der Waals surface area contributed by atoms with E-state index in [0.717, 1.165) is 26.2 Å². The number of anilines is 2. The van der Waals surface area contributed by atoms with E-state index in [9.17, 15) is 4.79 Å². The smallest absolute Gasteiger partial charge is 0.282 e.